The number of benzene rings is 3. The smallest absolute Gasteiger partial charge is 0.434 e. The van der Waals surface area contributed by atoms with Crippen molar-refractivity contribution >= 4 is 23.7 Å². The largest absolute Gasteiger partial charge is 0.513 e. The quantitative estimate of drug-likeness (QED) is 0.265. The van der Waals surface area contributed by atoms with Gasteiger partial charge in [0.2, 0.25) is 0 Å². The number of nitrogens with zero attached hydrogens (tertiary/aromatic N) is 1. The second-order valence-electron chi connectivity index (χ2n) is 7.78. The van der Waals surface area contributed by atoms with Gasteiger partial charge >= 0.3 is 6.16 Å². The first kappa shape index (κ1) is 24.3. The maximum atomic E-state index is 12.7. The van der Waals surface area contributed by atoms with Crippen molar-refractivity contribution in [3.8, 4) is 11.4 Å². The third kappa shape index (κ3) is 6.38. The number of amides is 2. The zero-order valence-electron chi connectivity index (χ0n) is 19.6. The predicted octanol–water partition coefficient (Wildman–Crippen LogP) is 5.19. The lowest BCUT2D eigenvalue weighted by Crippen LogP contribution is -2.22. The molecule has 0 aliphatic rings. The summed E-state index contributed by atoms with van der Waals surface area (Å²) >= 11 is 0. The molecule has 0 fully saturated rings. The molecule has 2 N–H and O–H groups in total. The number of anilines is 1. The number of nitrogens with one attached hydrogen (secondary N) is 2. The van der Waals surface area contributed by atoms with Gasteiger partial charge in [-0.1, -0.05) is 12.1 Å². The van der Waals surface area contributed by atoms with Crippen LogP contribution in [-0.4, -0.2) is 29.1 Å². The van der Waals surface area contributed by atoms with Gasteiger partial charge in [0.05, 0.1) is 6.61 Å². The van der Waals surface area contributed by atoms with Crippen LogP contribution in [0.25, 0.3) is 5.69 Å². The van der Waals surface area contributed by atoms with Gasteiger partial charge < -0.3 is 24.7 Å². The van der Waals surface area contributed by atoms with Crippen LogP contribution in [0.15, 0.2) is 97.3 Å². The molecule has 36 heavy (non-hydrogen) atoms. The molecule has 0 bridgehead atoms. The minimum absolute atomic E-state index is 0.214. The van der Waals surface area contributed by atoms with Gasteiger partial charge in [0.25, 0.3) is 11.8 Å². The fraction of sp³-hybridized carbons (Fsp3) is 0.107. The van der Waals surface area contributed by atoms with Gasteiger partial charge in [0, 0.05) is 41.4 Å². The van der Waals surface area contributed by atoms with Gasteiger partial charge in [-0.05, 0) is 85.3 Å². The first-order valence-corrected chi connectivity index (χ1v) is 11.4. The predicted molar refractivity (Wildman–Crippen MR) is 135 cm³/mol. The van der Waals surface area contributed by atoms with E-state index in [1.54, 1.807) is 37.3 Å². The van der Waals surface area contributed by atoms with Crippen molar-refractivity contribution in [3.05, 3.63) is 114 Å². The summed E-state index contributed by atoms with van der Waals surface area (Å²) in [6.07, 6.45) is 3.08. The number of rotatable bonds is 8. The van der Waals surface area contributed by atoms with Crippen molar-refractivity contribution in [2.24, 2.45) is 0 Å². The maximum Gasteiger partial charge on any atom is 0.513 e. The molecule has 182 valence electrons. The number of ether oxygens (including phenoxy) is 2. The molecule has 8 nitrogen and oxygen atoms in total. The molecule has 1 aromatic heterocycles. The van der Waals surface area contributed by atoms with E-state index in [4.69, 9.17) is 9.47 Å². The standard InChI is InChI=1S/C28H25N3O5/c1-2-35-28(34)36-25-14-10-21(11-15-25)26(32)29-19-20-6-5-7-23(18-20)30-27(33)22-8-12-24(13-9-22)31-16-3-4-17-31/h3-18H,2,19H2,1H3,(H,29,32)(H,30,33). The van der Waals surface area contributed by atoms with Crippen molar-refractivity contribution < 1.29 is 23.9 Å². The van der Waals surface area contributed by atoms with E-state index in [0.29, 0.717) is 16.8 Å². The van der Waals surface area contributed by atoms with Crippen LogP contribution < -0.4 is 15.4 Å². The highest BCUT2D eigenvalue weighted by Gasteiger charge is 2.10. The summed E-state index contributed by atoms with van der Waals surface area (Å²) < 4.78 is 11.7. The van der Waals surface area contributed by atoms with Crippen LogP contribution in [0.3, 0.4) is 0 Å². The average molecular weight is 484 g/mol. The fourth-order valence-corrected chi connectivity index (χ4v) is 3.46. The van der Waals surface area contributed by atoms with Crippen LogP contribution in [0.1, 0.15) is 33.2 Å². The molecule has 8 heteroatoms. The van der Waals surface area contributed by atoms with Crippen LogP contribution in [0.4, 0.5) is 10.5 Å². The summed E-state index contributed by atoms with van der Waals surface area (Å²) in [6, 6.07) is 24.6. The Morgan fingerprint density at radius 1 is 0.806 bits per heavy atom. The summed E-state index contributed by atoms with van der Waals surface area (Å²) in [5, 5.41) is 5.73. The second-order valence-corrected chi connectivity index (χ2v) is 7.78. The van der Waals surface area contributed by atoms with E-state index >= 15 is 0 Å². The van der Waals surface area contributed by atoms with Gasteiger partial charge in [0.15, 0.2) is 0 Å². The maximum absolute atomic E-state index is 12.7. The summed E-state index contributed by atoms with van der Waals surface area (Å²) in [5.74, 6) is -0.219. The topological polar surface area (TPSA) is 98.7 Å². The molecule has 0 saturated carbocycles. The number of aromatic nitrogens is 1. The van der Waals surface area contributed by atoms with E-state index in [9.17, 15) is 14.4 Å². The Balaban J connectivity index is 1.31. The summed E-state index contributed by atoms with van der Waals surface area (Å²) in [5.41, 5.74) is 3.38. The van der Waals surface area contributed by atoms with Crippen molar-refractivity contribution in [2.45, 2.75) is 13.5 Å². The van der Waals surface area contributed by atoms with Crippen LogP contribution in [0.5, 0.6) is 5.75 Å². The summed E-state index contributed by atoms with van der Waals surface area (Å²) in [7, 11) is 0. The molecule has 4 rings (SSSR count). The minimum Gasteiger partial charge on any atom is -0.434 e. The number of hydrogen-bond donors (Lipinski definition) is 2. The van der Waals surface area contributed by atoms with Crippen molar-refractivity contribution in [1.82, 2.24) is 9.88 Å². The van der Waals surface area contributed by atoms with E-state index in [2.05, 4.69) is 10.6 Å². The first-order chi connectivity index (χ1) is 17.5. The number of hydrogen-bond acceptors (Lipinski definition) is 5. The Hall–Kier alpha value is -4.85. The highest BCUT2D eigenvalue weighted by atomic mass is 16.7. The lowest BCUT2D eigenvalue weighted by Gasteiger charge is -2.10. The van der Waals surface area contributed by atoms with Crippen LogP contribution >= 0.6 is 0 Å². The number of carbonyl (C=O) groups is 3. The zero-order valence-corrected chi connectivity index (χ0v) is 19.6. The highest BCUT2D eigenvalue weighted by Crippen LogP contribution is 2.16. The van der Waals surface area contributed by atoms with E-state index in [-0.39, 0.29) is 30.7 Å². The second kappa shape index (κ2) is 11.5. The lowest BCUT2D eigenvalue weighted by molar-refractivity contribution is 0.0950. The van der Waals surface area contributed by atoms with Crippen molar-refractivity contribution in [2.75, 3.05) is 11.9 Å². The molecule has 0 spiro atoms. The summed E-state index contributed by atoms with van der Waals surface area (Å²) in [6.45, 7) is 2.17. The molecule has 2 amide bonds. The van der Waals surface area contributed by atoms with Gasteiger partial charge in [-0.3, -0.25) is 9.59 Å². The molecule has 0 atom stereocenters. The fourth-order valence-electron chi connectivity index (χ4n) is 3.46. The van der Waals surface area contributed by atoms with Crippen molar-refractivity contribution in [3.63, 3.8) is 0 Å². The molecule has 0 saturated heterocycles. The van der Waals surface area contributed by atoms with Gasteiger partial charge in [-0.25, -0.2) is 4.79 Å². The van der Waals surface area contributed by atoms with E-state index < -0.39 is 6.16 Å². The molecule has 0 aliphatic carbocycles. The Morgan fingerprint density at radius 2 is 1.47 bits per heavy atom. The third-order valence-corrected chi connectivity index (χ3v) is 5.25. The molecule has 1 heterocycles. The molecule has 0 radical (unpaired) electrons. The molecule has 3 aromatic carbocycles. The first-order valence-electron chi connectivity index (χ1n) is 11.4. The highest BCUT2D eigenvalue weighted by molar-refractivity contribution is 6.04. The lowest BCUT2D eigenvalue weighted by atomic mass is 10.1. The van der Waals surface area contributed by atoms with Crippen LogP contribution in [0, 0.1) is 0 Å². The Bertz CT molecular complexity index is 1330. The molecule has 0 unspecified atom stereocenters. The van der Waals surface area contributed by atoms with Gasteiger partial charge in [0.1, 0.15) is 5.75 Å². The van der Waals surface area contributed by atoms with Crippen molar-refractivity contribution in [1.29, 1.82) is 0 Å². The van der Waals surface area contributed by atoms with Gasteiger partial charge in [-0.15, -0.1) is 0 Å². The normalized spacial score (nSPS) is 10.4. The Morgan fingerprint density at radius 3 is 2.17 bits per heavy atom. The van der Waals surface area contributed by atoms with E-state index in [1.807, 2.05) is 59.4 Å². The summed E-state index contributed by atoms with van der Waals surface area (Å²) in [4.78, 5) is 36.6. The third-order valence-electron chi connectivity index (χ3n) is 5.25. The van der Waals surface area contributed by atoms with Gasteiger partial charge in [-0.2, -0.15) is 0 Å². The SMILES string of the molecule is CCOC(=O)Oc1ccc(C(=O)NCc2cccc(NC(=O)c3ccc(-n4cccc4)cc3)c2)cc1. The van der Waals surface area contributed by atoms with Crippen LogP contribution in [0.2, 0.25) is 0 Å². The monoisotopic (exact) mass is 483 g/mol. The Labute approximate surface area is 208 Å². The van der Waals surface area contributed by atoms with Crippen LogP contribution in [-0.2, 0) is 11.3 Å². The molecular weight excluding hydrogens is 458 g/mol. The van der Waals surface area contributed by atoms with E-state index in [1.165, 1.54) is 12.1 Å². The molecular formula is C28H25N3O5. The molecule has 4 aromatic rings. The molecule has 0 aliphatic heterocycles. The van der Waals surface area contributed by atoms with E-state index in [0.717, 1.165) is 11.3 Å². The Kier molecular flexibility index (Phi) is 7.77. The number of carbonyl (C=O) groups excluding carboxylic acids is 3. The zero-order chi connectivity index (χ0) is 25.3. The minimum atomic E-state index is -0.796. The average Bonchev–Trinajstić information content (AvgIpc) is 3.43.